The predicted octanol–water partition coefficient (Wildman–Crippen LogP) is 5.52. The van der Waals surface area contributed by atoms with Gasteiger partial charge in [-0.2, -0.15) is 0 Å². The van der Waals surface area contributed by atoms with E-state index >= 15 is 0 Å². The number of ether oxygens (including phenoxy) is 1. The Hall–Kier alpha value is -3.60. The minimum Gasteiger partial charge on any atom is -0.481 e. The van der Waals surface area contributed by atoms with Gasteiger partial charge in [0, 0.05) is 11.3 Å². The lowest BCUT2D eigenvalue weighted by Gasteiger charge is -2.17. The molecule has 0 aliphatic heterocycles. The first-order chi connectivity index (χ1) is 14.0. The summed E-state index contributed by atoms with van der Waals surface area (Å²) in [7, 11) is 0. The standard InChI is InChI=1S/C24H22N2O3/c1-15-8-6-13-21(16(15)2)28-17(3)23(27)25-19-10-7-9-18(14-19)24-26-20-11-4-5-12-22(20)29-24/h4-14,17H,1-3H3,(H,25,27). The zero-order chi connectivity index (χ0) is 20.4. The number of carbonyl (C=O) groups is 1. The molecule has 0 bridgehead atoms. The molecule has 0 fully saturated rings. The molecule has 1 N–H and O–H groups in total. The van der Waals surface area contributed by atoms with Crippen LogP contribution in [-0.4, -0.2) is 17.0 Å². The summed E-state index contributed by atoms with van der Waals surface area (Å²) in [5, 5.41) is 2.91. The highest BCUT2D eigenvalue weighted by Gasteiger charge is 2.17. The van der Waals surface area contributed by atoms with E-state index in [1.54, 1.807) is 6.92 Å². The molecule has 5 nitrogen and oxygen atoms in total. The van der Waals surface area contributed by atoms with Gasteiger partial charge in [-0.1, -0.05) is 30.3 Å². The van der Waals surface area contributed by atoms with Crippen molar-refractivity contribution in [3.8, 4) is 17.2 Å². The van der Waals surface area contributed by atoms with Crippen LogP contribution in [-0.2, 0) is 4.79 Å². The Bertz CT molecular complexity index is 1150. The normalized spacial score (nSPS) is 12.0. The average molecular weight is 386 g/mol. The van der Waals surface area contributed by atoms with Gasteiger partial charge in [-0.15, -0.1) is 0 Å². The molecule has 0 saturated heterocycles. The van der Waals surface area contributed by atoms with E-state index < -0.39 is 6.10 Å². The summed E-state index contributed by atoms with van der Waals surface area (Å²) in [5.41, 5.74) is 5.14. The molecule has 4 rings (SSSR count). The Kier molecular flexibility index (Phi) is 5.04. The molecule has 1 unspecified atom stereocenters. The van der Waals surface area contributed by atoms with Crippen molar-refractivity contribution in [3.05, 3.63) is 77.9 Å². The molecule has 29 heavy (non-hydrogen) atoms. The predicted molar refractivity (Wildman–Crippen MR) is 114 cm³/mol. The third kappa shape index (κ3) is 3.99. The molecular formula is C24H22N2O3. The Morgan fingerprint density at radius 1 is 1.03 bits per heavy atom. The number of nitrogens with zero attached hydrogens (tertiary/aromatic N) is 1. The highest BCUT2D eigenvalue weighted by atomic mass is 16.5. The van der Waals surface area contributed by atoms with Gasteiger partial charge in [0.2, 0.25) is 5.89 Å². The zero-order valence-electron chi connectivity index (χ0n) is 16.6. The third-order valence-electron chi connectivity index (χ3n) is 4.90. The lowest BCUT2D eigenvalue weighted by Crippen LogP contribution is -2.30. The van der Waals surface area contributed by atoms with Crippen molar-refractivity contribution in [1.29, 1.82) is 0 Å². The fraction of sp³-hybridized carbons (Fsp3) is 0.167. The second-order valence-corrected chi connectivity index (χ2v) is 7.01. The number of oxazole rings is 1. The van der Waals surface area contributed by atoms with Gasteiger partial charge in [-0.05, 0) is 68.3 Å². The van der Waals surface area contributed by atoms with Crippen molar-refractivity contribution in [2.75, 3.05) is 5.32 Å². The summed E-state index contributed by atoms with van der Waals surface area (Å²) in [6, 6.07) is 20.9. The Balaban J connectivity index is 1.49. The number of aryl methyl sites for hydroxylation is 1. The maximum Gasteiger partial charge on any atom is 0.265 e. The number of hydrogen-bond acceptors (Lipinski definition) is 4. The fourth-order valence-corrected chi connectivity index (χ4v) is 3.07. The van der Waals surface area contributed by atoms with Crippen molar-refractivity contribution in [3.63, 3.8) is 0 Å². The lowest BCUT2D eigenvalue weighted by atomic mass is 10.1. The Morgan fingerprint density at radius 3 is 2.66 bits per heavy atom. The number of carbonyl (C=O) groups excluding carboxylic acids is 1. The van der Waals surface area contributed by atoms with Crippen molar-refractivity contribution in [2.24, 2.45) is 0 Å². The van der Waals surface area contributed by atoms with Crippen LogP contribution in [0.3, 0.4) is 0 Å². The molecule has 0 aliphatic rings. The molecule has 0 spiro atoms. The number of aromatic nitrogens is 1. The molecule has 3 aromatic carbocycles. The van der Waals surface area contributed by atoms with Crippen molar-refractivity contribution in [1.82, 2.24) is 4.98 Å². The van der Waals surface area contributed by atoms with Crippen LogP contribution in [0, 0.1) is 13.8 Å². The van der Waals surface area contributed by atoms with Crippen LogP contribution < -0.4 is 10.1 Å². The SMILES string of the molecule is Cc1cccc(OC(C)C(=O)Nc2cccc(-c3nc4ccccc4o3)c2)c1C. The van der Waals surface area contributed by atoms with Crippen LogP contribution in [0.1, 0.15) is 18.1 Å². The molecule has 1 atom stereocenters. The van der Waals surface area contributed by atoms with Gasteiger partial charge in [-0.3, -0.25) is 4.79 Å². The lowest BCUT2D eigenvalue weighted by molar-refractivity contribution is -0.122. The first-order valence-corrected chi connectivity index (χ1v) is 9.51. The largest absolute Gasteiger partial charge is 0.481 e. The van der Waals surface area contributed by atoms with Crippen molar-refractivity contribution in [2.45, 2.75) is 26.9 Å². The zero-order valence-corrected chi connectivity index (χ0v) is 16.6. The molecular weight excluding hydrogens is 364 g/mol. The summed E-state index contributed by atoms with van der Waals surface area (Å²) < 4.78 is 11.7. The van der Waals surface area contributed by atoms with E-state index in [-0.39, 0.29) is 5.91 Å². The highest BCUT2D eigenvalue weighted by molar-refractivity contribution is 5.94. The van der Waals surface area contributed by atoms with E-state index in [2.05, 4.69) is 10.3 Å². The molecule has 0 saturated carbocycles. The summed E-state index contributed by atoms with van der Waals surface area (Å²) in [5.74, 6) is 1.01. The molecule has 4 aromatic rings. The molecule has 0 aliphatic carbocycles. The van der Waals surface area contributed by atoms with Crippen LogP contribution in [0.4, 0.5) is 5.69 Å². The number of fused-ring (bicyclic) bond motifs is 1. The number of amides is 1. The minimum atomic E-state index is -0.636. The average Bonchev–Trinajstić information content (AvgIpc) is 3.16. The molecule has 5 heteroatoms. The van der Waals surface area contributed by atoms with Crippen LogP contribution in [0.2, 0.25) is 0 Å². The Morgan fingerprint density at radius 2 is 1.83 bits per heavy atom. The van der Waals surface area contributed by atoms with Crippen molar-refractivity contribution >= 4 is 22.7 Å². The number of rotatable bonds is 5. The summed E-state index contributed by atoms with van der Waals surface area (Å²) >= 11 is 0. The van der Waals surface area contributed by atoms with E-state index in [0.717, 1.165) is 27.8 Å². The topological polar surface area (TPSA) is 64.4 Å². The minimum absolute atomic E-state index is 0.222. The third-order valence-corrected chi connectivity index (χ3v) is 4.90. The first-order valence-electron chi connectivity index (χ1n) is 9.51. The maximum atomic E-state index is 12.6. The summed E-state index contributed by atoms with van der Waals surface area (Å²) in [4.78, 5) is 17.1. The molecule has 1 amide bonds. The monoisotopic (exact) mass is 386 g/mol. The van der Waals surface area contributed by atoms with E-state index in [0.29, 0.717) is 17.3 Å². The van der Waals surface area contributed by atoms with E-state index in [9.17, 15) is 4.79 Å². The number of para-hydroxylation sites is 2. The summed E-state index contributed by atoms with van der Waals surface area (Å²) in [6.07, 6.45) is -0.636. The van der Waals surface area contributed by atoms with Crippen LogP contribution >= 0.6 is 0 Å². The number of hydrogen-bond donors (Lipinski definition) is 1. The van der Waals surface area contributed by atoms with E-state index in [4.69, 9.17) is 9.15 Å². The maximum absolute atomic E-state index is 12.6. The van der Waals surface area contributed by atoms with Gasteiger partial charge in [0.1, 0.15) is 11.3 Å². The number of benzene rings is 3. The smallest absolute Gasteiger partial charge is 0.265 e. The van der Waals surface area contributed by atoms with E-state index in [1.165, 1.54) is 0 Å². The molecule has 1 heterocycles. The quantitative estimate of drug-likeness (QED) is 0.491. The van der Waals surface area contributed by atoms with Gasteiger partial charge in [-0.25, -0.2) is 4.98 Å². The van der Waals surface area contributed by atoms with Crippen LogP contribution in [0.5, 0.6) is 5.75 Å². The molecule has 1 aromatic heterocycles. The van der Waals surface area contributed by atoms with Crippen LogP contribution in [0.25, 0.3) is 22.6 Å². The summed E-state index contributed by atoms with van der Waals surface area (Å²) in [6.45, 7) is 5.74. The second kappa shape index (κ2) is 7.80. The van der Waals surface area contributed by atoms with E-state index in [1.807, 2.05) is 80.6 Å². The van der Waals surface area contributed by atoms with Crippen molar-refractivity contribution < 1.29 is 13.9 Å². The fourth-order valence-electron chi connectivity index (χ4n) is 3.07. The Labute approximate surface area is 169 Å². The second-order valence-electron chi connectivity index (χ2n) is 7.01. The van der Waals surface area contributed by atoms with Gasteiger partial charge >= 0.3 is 0 Å². The number of nitrogens with one attached hydrogen (secondary N) is 1. The van der Waals surface area contributed by atoms with Gasteiger partial charge in [0.25, 0.3) is 5.91 Å². The van der Waals surface area contributed by atoms with Gasteiger partial charge in [0.05, 0.1) is 0 Å². The highest BCUT2D eigenvalue weighted by Crippen LogP contribution is 2.26. The molecule has 0 radical (unpaired) electrons. The number of anilines is 1. The van der Waals surface area contributed by atoms with Gasteiger partial charge < -0.3 is 14.5 Å². The molecule has 146 valence electrons. The van der Waals surface area contributed by atoms with Gasteiger partial charge in [0.15, 0.2) is 11.7 Å². The van der Waals surface area contributed by atoms with Crippen LogP contribution in [0.15, 0.2) is 71.1 Å². The first kappa shape index (κ1) is 18.7.